The molecule has 0 saturated heterocycles. The van der Waals surface area contributed by atoms with Gasteiger partial charge in [0, 0.05) is 23.5 Å². The summed E-state index contributed by atoms with van der Waals surface area (Å²) in [5, 5.41) is 7.33. The number of benzene rings is 1. The van der Waals surface area contributed by atoms with E-state index in [4.69, 9.17) is 16.6 Å². The van der Waals surface area contributed by atoms with Gasteiger partial charge in [-0.2, -0.15) is 0 Å². The topological polar surface area (TPSA) is 78.5 Å². The second-order valence-corrected chi connectivity index (χ2v) is 8.08. The molecule has 5 rings (SSSR count). The Morgan fingerprint density at radius 3 is 2.63 bits per heavy atom. The number of rotatable bonds is 5. The first-order chi connectivity index (χ1) is 14.7. The zero-order chi connectivity index (χ0) is 20.3. The van der Waals surface area contributed by atoms with Crippen LogP contribution in [-0.2, 0) is 0 Å². The molecule has 6 nitrogen and oxygen atoms in total. The number of aromatic nitrogens is 4. The molecule has 30 heavy (non-hydrogen) atoms. The van der Waals surface area contributed by atoms with Gasteiger partial charge >= 0.3 is 0 Å². The van der Waals surface area contributed by atoms with E-state index in [1.807, 2.05) is 48.7 Å². The molecule has 7 heteroatoms. The van der Waals surface area contributed by atoms with Crippen molar-refractivity contribution in [2.24, 2.45) is 0 Å². The average Bonchev–Trinajstić information content (AvgIpc) is 3.18. The molecule has 1 aliphatic rings. The highest BCUT2D eigenvalue weighted by Gasteiger charge is 2.16. The van der Waals surface area contributed by atoms with Gasteiger partial charge in [-0.1, -0.05) is 49.1 Å². The highest BCUT2D eigenvalue weighted by Crippen LogP contribution is 2.31. The zero-order valence-corrected chi connectivity index (χ0v) is 17.3. The van der Waals surface area contributed by atoms with E-state index in [1.165, 1.54) is 32.1 Å². The Morgan fingerprint density at radius 1 is 0.967 bits per heavy atom. The Hall–Kier alpha value is -3.12. The molecule has 152 valence electrons. The lowest BCUT2D eigenvalue weighted by Gasteiger charge is -2.23. The fraction of sp³-hybridized carbons (Fsp3) is 0.261. The molecule has 0 amide bonds. The zero-order valence-electron chi connectivity index (χ0n) is 16.5. The van der Waals surface area contributed by atoms with Gasteiger partial charge < -0.3 is 15.6 Å². The first-order valence-corrected chi connectivity index (χ1v) is 10.7. The summed E-state index contributed by atoms with van der Waals surface area (Å²) >= 11 is 6.36. The van der Waals surface area contributed by atoms with Gasteiger partial charge in [-0.3, -0.25) is 0 Å². The highest BCUT2D eigenvalue weighted by atomic mass is 35.5. The molecular formula is C23H23ClN6. The van der Waals surface area contributed by atoms with E-state index in [9.17, 15) is 0 Å². The van der Waals surface area contributed by atoms with Crippen molar-refractivity contribution in [3.05, 3.63) is 60.0 Å². The van der Waals surface area contributed by atoms with E-state index in [0.717, 1.165) is 33.8 Å². The van der Waals surface area contributed by atoms with Crippen LogP contribution in [0, 0.1) is 0 Å². The Bertz CT molecular complexity index is 1150. The third kappa shape index (κ3) is 4.09. The number of fused-ring (bicyclic) bond motifs is 1. The number of hydrogen-bond acceptors (Lipinski definition) is 5. The van der Waals surface area contributed by atoms with E-state index in [0.29, 0.717) is 17.0 Å². The van der Waals surface area contributed by atoms with Gasteiger partial charge in [-0.05, 0) is 42.7 Å². The largest absolute Gasteiger partial charge is 0.367 e. The molecular weight excluding hydrogens is 396 g/mol. The van der Waals surface area contributed by atoms with Crippen molar-refractivity contribution in [2.45, 2.75) is 38.1 Å². The number of aromatic amines is 1. The lowest BCUT2D eigenvalue weighted by Crippen LogP contribution is -2.22. The van der Waals surface area contributed by atoms with E-state index in [1.54, 1.807) is 6.20 Å². The van der Waals surface area contributed by atoms with Gasteiger partial charge in [0.2, 0.25) is 0 Å². The van der Waals surface area contributed by atoms with Crippen molar-refractivity contribution >= 4 is 40.1 Å². The van der Waals surface area contributed by atoms with E-state index in [-0.39, 0.29) is 0 Å². The van der Waals surface area contributed by atoms with E-state index < -0.39 is 0 Å². The normalized spacial score (nSPS) is 14.7. The van der Waals surface area contributed by atoms with Gasteiger partial charge in [0.25, 0.3) is 0 Å². The fourth-order valence-electron chi connectivity index (χ4n) is 4.02. The van der Waals surface area contributed by atoms with Gasteiger partial charge in [-0.15, -0.1) is 0 Å². The molecule has 0 atom stereocenters. The number of pyridine rings is 1. The summed E-state index contributed by atoms with van der Waals surface area (Å²) in [4.78, 5) is 17.0. The number of hydrogen-bond donors (Lipinski definition) is 3. The minimum absolute atomic E-state index is 0.460. The maximum Gasteiger partial charge on any atom is 0.156 e. The van der Waals surface area contributed by atoms with Gasteiger partial charge in [0.05, 0.1) is 6.20 Å². The summed E-state index contributed by atoms with van der Waals surface area (Å²) in [6.07, 6.45) is 9.85. The predicted molar refractivity (Wildman–Crippen MR) is 122 cm³/mol. The first kappa shape index (κ1) is 18.9. The molecule has 1 aromatic carbocycles. The quantitative estimate of drug-likeness (QED) is 0.338. The monoisotopic (exact) mass is 418 g/mol. The van der Waals surface area contributed by atoms with Crippen molar-refractivity contribution < 1.29 is 0 Å². The van der Waals surface area contributed by atoms with Crippen LogP contribution in [0.25, 0.3) is 22.3 Å². The number of anilines is 3. The minimum Gasteiger partial charge on any atom is -0.367 e. The Labute approximate surface area is 180 Å². The molecule has 0 bridgehead atoms. The highest BCUT2D eigenvalue weighted by molar-refractivity contribution is 6.29. The molecule has 0 spiro atoms. The molecule has 0 unspecified atom stereocenters. The summed E-state index contributed by atoms with van der Waals surface area (Å²) < 4.78 is 0. The third-order valence-corrected chi connectivity index (χ3v) is 5.68. The smallest absolute Gasteiger partial charge is 0.156 e. The SMILES string of the molecule is Clc1cc(-c2c[nH]c3ncc(Nc4ccccc4)nc23)cc(NC2CCCCC2)n1. The molecule has 3 aromatic heterocycles. The Kier molecular flexibility index (Phi) is 5.24. The predicted octanol–water partition coefficient (Wildman–Crippen LogP) is 6.16. The van der Waals surface area contributed by atoms with Crippen LogP contribution in [0.2, 0.25) is 5.15 Å². The molecule has 4 aromatic rings. The molecule has 1 aliphatic carbocycles. The van der Waals surface area contributed by atoms with Crippen LogP contribution in [0.4, 0.5) is 17.3 Å². The number of para-hydroxylation sites is 1. The van der Waals surface area contributed by atoms with Gasteiger partial charge in [0.1, 0.15) is 22.3 Å². The molecule has 3 heterocycles. The molecule has 3 N–H and O–H groups in total. The molecule has 0 radical (unpaired) electrons. The summed E-state index contributed by atoms with van der Waals surface area (Å²) in [5.74, 6) is 1.50. The molecule has 1 fully saturated rings. The van der Waals surface area contributed by atoms with Gasteiger partial charge in [-0.25, -0.2) is 15.0 Å². The Balaban J connectivity index is 1.47. The maximum absolute atomic E-state index is 6.36. The average molecular weight is 419 g/mol. The minimum atomic E-state index is 0.460. The van der Waals surface area contributed by atoms with Crippen LogP contribution in [0.5, 0.6) is 0 Å². The lowest BCUT2D eigenvalue weighted by atomic mass is 9.95. The number of halogens is 1. The van der Waals surface area contributed by atoms with Crippen molar-refractivity contribution in [2.75, 3.05) is 10.6 Å². The second-order valence-electron chi connectivity index (χ2n) is 7.69. The van der Waals surface area contributed by atoms with Crippen molar-refractivity contribution in [3.8, 4) is 11.1 Å². The van der Waals surface area contributed by atoms with Crippen LogP contribution in [0.1, 0.15) is 32.1 Å². The summed E-state index contributed by atoms with van der Waals surface area (Å²) in [6, 6.07) is 14.3. The maximum atomic E-state index is 6.36. The standard InChI is InChI=1S/C23H23ClN6/c24-19-11-15(12-20(29-19)27-16-7-3-1-4-8-16)18-13-25-23-22(18)30-21(14-26-23)28-17-9-5-2-6-10-17/h2,5-6,9-14,16H,1,3-4,7-8H2,(H,25,26)(H,27,29)(H,28,30). The Morgan fingerprint density at radius 2 is 1.80 bits per heavy atom. The number of H-pyrrole nitrogens is 1. The third-order valence-electron chi connectivity index (χ3n) is 5.49. The van der Waals surface area contributed by atoms with Gasteiger partial charge in [0.15, 0.2) is 5.65 Å². The van der Waals surface area contributed by atoms with E-state index >= 15 is 0 Å². The van der Waals surface area contributed by atoms with Crippen LogP contribution >= 0.6 is 11.6 Å². The first-order valence-electron chi connectivity index (χ1n) is 10.4. The summed E-state index contributed by atoms with van der Waals surface area (Å²) in [7, 11) is 0. The van der Waals surface area contributed by atoms with Crippen LogP contribution in [-0.4, -0.2) is 26.0 Å². The van der Waals surface area contributed by atoms with Crippen molar-refractivity contribution in [1.29, 1.82) is 0 Å². The summed E-state index contributed by atoms with van der Waals surface area (Å²) in [5.41, 5.74) is 4.41. The summed E-state index contributed by atoms with van der Waals surface area (Å²) in [6.45, 7) is 0. The molecule has 1 saturated carbocycles. The second kappa shape index (κ2) is 8.32. The van der Waals surface area contributed by atoms with E-state index in [2.05, 4.69) is 25.6 Å². The number of nitrogens with zero attached hydrogens (tertiary/aromatic N) is 3. The van der Waals surface area contributed by atoms with Crippen LogP contribution in [0.3, 0.4) is 0 Å². The van der Waals surface area contributed by atoms with Crippen molar-refractivity contribution in [1.82, 2.24) is 19.9 Å². The lowest BCUT2D eigenvalue weighted by molar-refractivity contribution is 0.462. The van der Waals surface area contributed by atoms with Crippen LogP contribution in [0.15, 0.2) is 54.9 Å². The number of nitrogens with one attached hydrogen (secondary N) is 3. The van der Waals surface area contributed by atoms with Crippen molar-refractivity contribution in [3.63, 3.8) is 0 Å². The molecule has 0 aliphatic heterocycles. The fourth-order valence-corrected chi connectivity index (χ4v) is 4.23. The van der Waals surface area contributed by atoms with Crippen LogP contribution < -0.4 is 10.6 Å².